The van der Waals surface area contributed by atoms with Crippen molar-refractivity contribution in [1.29, 1.82) is 0 Å². The molecule has 0 fully saturated rings. The molecule has 0 radical (unpaired) electrons. The van der Waals surface area contributed by atoms with Gasteiger partial charge in [-0.2, -0.15) is 0 Å². The predicted octanol–water partition coefficient (Wildman–Crippen LogP) is 8.13. The first-order valence-corrected chi connectivity index (χ1v) is 11.1. The van der Waals surface area contributed by atoms with Crippen LogP contribution in [0.5, 0.6) is 0 Å². The number of benzene rings is 1. The van der Waals surface area contributed by atoms with Crippen LogP contribution in [0.25, 0.3) is 0 Å². The molecule has 0 heterocycles. The first kappa shape index (κ1) is 20.5. The largest absolute Gasteiger partial charge is 0.355 e. The highest BCUT2D eigenvalue weighted by atomic mass is 14.9. The summed E-state index contributed by atoms with van der Waals surface area (Å²) in [6.07, 6.45) is 17.5. The molecule has 0 saturated carbocycles. The molecule has 0 aliphatic heterocycles. The molecule has 30 heavy (non-hydrogen) atoms. The molecule has 1 aromatic carbocycles. The van der Waals surface area contributed by atoms with Gasteiger partial charge in [-0.05, 0) is 85.1 Å². The van der Waals surface area contributed by atoms with Crippen molar-refractivity contribution in [2.24, 2.45) is 5.41 Å². The fourth-order valence-electron chi connectivity index (χ4n) is 5.11. The third-order valence-corrected chi connectivity index (χ3v) is 6.62. The van der Waals surface area contributed by atoms with E-state index in [9.17, 15) is 0 Å². The van der Waals surface area contributed by atoms with Crippen molar-refractivity contribution in [2.45, 2.75) is 53.4 Å². The zero-order valence-electron chi connectivity index (χ0n) is 18.8. The molecule has 4 rings (SSSR count). The van der Waals surface area contributed by atoms with E-state index >= 15 is 0 Å². The molecule has 3 aliphatic rings. The first-order chi connectivity index (χ1) is 14.4. The maximum absolute atomic E-state index is 4.44. The van der Waals surface area contributed by atoms with Crippen molar-refractivity contribution in [1.82, 2.24) is 0 Å². The second-order valence-corrected chi connectivity index (χ2v) is 9.07. The molecule has 0 unspecified atom stereocenters. The summed E-state index contributed by atoms with van der Waals surface area (Å²) in [7, 11) is 0. The summed E-state index contributed by atoms with van der Waals surface area (Å²) in [4.78, 5) is 0. The maximum atomic E-state index is 4.44. The second kappa shape index (κ2) is 8.14. The van der Waals surface area contributed by atoms with E-state index in [0.717, 1.165) is 30.5 Å². The molecule has 0 amide bonds. The molecule has 0 bridgehead atoms. The molecular weight excluding hydrogens is 362 g/mol. The third-order valence-electron chi connectivity index (χ3n) is 6.62. The van der Waals surface area contributed by atoms with E-state index in [1.54, 1.807) is 11.1 Å². The van der Waals surface area contributed by atoms with Gasteiger partial charge in [0.25, 0.3) is 0 Å². The summed E-state index contributed by atoms with van der Waals surface area (Å²) in [5.41, 5.74) is 12.3. The minimum Gasteiger partial charge on any atom is -0.355 e. The lowest BCUT2D eigenvalue weighted by atomic mass is 9.74. The molecule has 0 spiro atoms. The fraction of sp³-hybridized carbons (Fsp3) is 0.310. The highest BCUT2D eigenvalue weighted by molar-refractivity contribution is 5.71. The van der Waals surface area contributed by atoms with Gasteiger partial charge in [-0.1, -0.05) is 74.6 Å². The summed E-state index contributed by atoms with van der Waals surface area (Å²) < 4.78 is 0. The van der Waals surface area contributed by atoms with Gasteiger partial charge in [-0.25, -0.2) is 0 Å². The van der Waals surface area contributed by atoms with Gasteiger partial charge in [-0.3, -0.25) is 0 Å². The number of hydrogen-bond acceptors (Lipinski definition) is 1. The van der Waals surface area contributed by atoms with Gasteiger partial charge in [0.2, 0.25) is 0 Å². The summed E-state index contributed by atoms with van der Waals surface area (Å²) >= 11 is 0. The van der Waals surface area contributed by atoms with E-state index in [1.807, 2.05) is 6.92 Å². The van der Waals surface area contributed by atoms with Crippen LogP contribution >= 0.6 is 0 Å². The van der Waals surface area contributed by atoms with Crippen molar-refractivity contribution in [3.8, 4) is 0 Å². The Morgan fingerprint density at radius 2 is 1.80 bits per heavy atom. The fourth-order valence-corrected chi connectivity index (χ4v) is 5.11. The quantitative estimate of drug-likeness (QED) is 0.496. The lowest BCUT2D eigenvalue weighted by Crippen LogP contribution is -2.23. The van der Waals surface area contributed by atoms with Crippen LogP contribution in [0.3, 0.4) is 0 Å². The number of hydrogen-bond donors (Lipinski definition) is 1. The monoisotopic (exact) mass is 395 g/mol. The van der Waals surface area contributed by atoms with Crippen LogP contribution in [-0.4, -0.2) is 0 Å². The van der Waals surface area contributed by atoms with Gasteiger partial charge >= 0.3 is 0 Å². The second-order valence-electron chi connectivity index (χ2n) is 9.07. The van der Waals surface area contributed by atoms with Gasteiger partial charge in [0.1, 0.15) is 0 Å². The Kier molecular flexibility index (Phi) is 5.56. The molecule has 0 aromatic heterocycles. The molecule has 1 aromatic rings. The smallest absolute Gasteiger partial charge is 0.0467 e. The lowest BCUT2D eigenvalue weighted by molar-refractivity contribution is 0.560. The van der Waals surface area contributed by atoms with Crippen LogP contribution < -0.4 is 5.32 Å². The van der Waals surface area contributed by atoms with E-state index in [-0.39, 0.29) is 5.41 Å². The average Bonchev–Trinajstić information content (AvgIpc) is 2.98. The first-order valence-electron chi connectivity index (χ1n) is 11.1. The molecular formula is C29H33N. The molecule has 1 heteroatoms. The summed E-state index contributed by atoms with van der Waals surface area (Å²) in [6.45, 7) is 13.4. The summed E-state index contributed by atoms with van der Waals surface area (Å²) in [5.74, 6) is 0. The number of rotatable bonds is 5. The van der Waals surface area contributed by atoms with Crippen molar-refractivity contribution >= 4 is 5.69 Å². The molecule has 1 nitrogen and oxygen atoms in total. The minimum atomic E-state index is 0.00754. The van der Waals surface area contributed by atoms with E-state index in [4.69, 9.17) is 0 Å². The Morgan fingerprint density at radius 3 is 2.53 bits per heavy atom. The Bertz CT molecular complexity index is 1050. The zero-order chi connectivity index (χ0) is 21.3. The molecule has 154 valence electrons. The Hall–Kier alpha value is -2.80. The number of allylic oxidation sites excluding steroid dienone is 12. The van der Waals surface area contributed by atoms with E-state index < -0.39 is 0 Å². The van der Waals surface area contributed by atoms with E-state index in [1.165, 1.54) is 34.4 Å². The van der Waals surface area contributed by atoms with Crippen molar-refractivity contribution in [3.05, 3.63) is 112 Å². The molecule has 0 saturated heterocycles. The van der Waals surface area contributed by atoms with Crippen LogP contribution in [0.2, 0.25) is 0 Å². The van der Waals surface area contributed by atoms with Crippen LogP contribution in [0, 0.1) is 12.3 Å². The molecule has 3 aliphatic carbocycles. The summed E-state index contributed by atoms with van der Waals surface area (Å²) in [6, 6.07) is 8.71. The highest BCUT2D eigenvalue weighted by Gasteiger charge is 2.43. The van der Waals surface area contributed by atoms with Gasteiger partial charge in [-0.15, -0.1) is 0 Å². The van der Waals surface area contributed by atoms with Crippen molar-refractivity contribution in [2.75, 3.05) is 5.32 Å². The molecule has 1 N–H and O–H groups in total. The van der Waals surface area contributed by atoms with E-state index in [2.05, 4.69) is 93.4 Å². The third kappa shape index (κ3) is 3.58. The number of nitrogens with one attached hydrogen (secondary N) is 1. The topological polar surface area (TPSA) is 12.0 Å². The van der Waals surface area contributed by atoms with Gasteiger partial charge in [0, 0.05) is 16.8 Å². The number of fused-ring (bicyclic) bond motifs is 1. The Morgan fingerprint density at radius 1 is 1.03 bits per heavy atom. The lowest BCUT2D eigenvalue weighted by Gasteiger charge is -2.33. The number of aryl methyl sites for hydroxylation is 1. The number of anilines is 1. The Balaban J connectivity index is 1.83. The van der Waals surface area contributed by atoms with Gasteiger partial charge < -0.3 is 5.32 Å². The van der Waals surface area contributed by atoms with Gasteiger partial charge in [0.15, 0.2) is 0 Å². The van der Waals surface area contributed by atoms with Crippen LogP contribution in [-0.2, 0) is 0 Å². The zero-order valence-corrected chi connectivity index (χ0v) is 18.8. The van der Waals surface area contributed by atoms with E-state index in [0.29, 0.717) is 0 Å². The molecule has 0 atom stereocenters. The van der Waals surface area contributed by atoms with Crippen LogP contribution in [0.15, 0.2) is 106 Å². The normalized spacial score (nSPS) is 20.4. The van der Waals surface area contributed by atoms with Crippen LogP contribution in [0.1, 0.15) is 52.0 Å². The van der Waals surface area contributed by atoms with Crippen LogP contribution in [0.4, 0.5) is 5.69 Å². The minimum absolute atomic E-state index is 0.00754. The maximum Gasteiger partial charge on any atom is 0.0467 e. The average molecular weight is 396 g/mol. The van der Waals surface area contributed by atoms with Crippen molar-refractivity contribution in [3.63, 3.8) is 0 Å². The van der Waals surface area contributed by atoms with Gasteiger partial charge in [0.05, 0.1) is 0 Å². The Labute approximate surface area is 182 Å². The predicted molar refractivity (Wildman–Crippen MR) is 130 cm³/mol. The SMILES string of the molecule is C=C(/C=C\C=C/C)C1=C(Nc2ccc(C)cc2)C2=C(CC1)C1=C(C=CCC1)C2(C)C. The standard InChI is InChI=1S/C29H33N/c1-6-7-8-11-21(3)23-18-19-25-24-12-9-10-13-26(24)29(4,5)27(25)28(23)30-22-16-14-20(2)15-17-22/h6-8,10-11,13-17,30H,3,9,12,18-19H2,1-2,4-5H3/b7-6-,11-8-. The van der Waals surface area contributed by atoms with Crippen molar-refractivity contribution < 1.29 is 0 Å². The highest BCUT2D eigenvalue weighted by Crippen LogP contribution is 2.56. The summed E-state index contributed by atoms with van der Waals surface area (Å²) in [5, 5.41) is 3.82.